The van der Waals surface area contributed by atoms with Crippen LogP contribution in [0, 0.1) is 0 Å². The Morgan fingerprint density at radius 1 is 0.900 bits per heavy atom. The van der Waals surface area contributed by atoms with Crippen LogP contribution < -0.4 is 5.32 Å². The number of rotatable bonds is 0. The van der Waals surface area contributed by atoms with E-state index in [1.165, 1.54) is 0 Å². The lowest BCUT2D eigenvalue weighted by molar-refractivity contribution is 0.475. The lowest BCUT2D eigenvalue weighted by Gasteiger charge is -1.79. The Balaban J connectivity index is 0.000000138. The number of hydrogen-bond donors (Lipinski definition) is 1. The molecule has 2 aliphatic rings. The molecule has 1 saturated heterocycles. The zero-order valence-corrected chi connectivity index (χ0v) is 5.79. The van der Waals surface area contributed by atoms with Crippen molar-refractivity contribution in [2.24, 2.45) is 0 Å². The molecule has 0 aromatic rings. The highest BCUT2D eigenvalue weighted by Gasteiger charge is 1.94. The molecular formula is C8H11NO. The smallest absolute Gasteiger partial charge is 0.0701 e. The Kier molecular flexibility index (Phi) is 3.42. The second-order valence-electron chi connectivity index (χ2n) is 1.88. The normalized spacial score (nSPS) is 18.4. The minimum Gasteiger partial charge on any atom is -0.377 e. The van der Waals surface area contributed by atoms with E-state index in [2.05, 4.69) is 10.1 Å². The molecule has 0 spiro atoms. The molecule has 0 aliphatic carbocycles. The molecule has 2 heteroatoms. The maximum absolute atomic E-state index is 4.50. The van der Waals surface area contributed by atoms with E-state index in [-0.39, 0.29) is 0 Å². The van der Waals surface area contributed by atoms with Crippen molar-refractivity contribution in [3.05, 3.63) is 36.7 Å². The molecule has 0 radical (unpaired) electrons. The van der Waals surface area contributed by atoms with Gasteiger partial charge in [-0.3, -0.25) is 0 Å². The summed E-state index contributed by atoms with van der Waals surface area (Å²) >= 11 is 0. The summed E-state index contributed by atoms with van der Waals surface area (Å²) in [5, 5.41) is 2.92. The van der Waals surface area contributed by atoms with Gasteiger partial charge >= 0.3 is 0 Å². The van der Waals surface area contributed by atoms with Crippen LogP contribution in [0.2, 0.25) is 0 Å². The molecule has 0 saturated carbocycles. The highest BCUT2D eigenvalue weighted by atomic mass is 16.6. The topological polar surface area (TPSA) is 24.6 Å². The summed E-state index contributed by atoms with van der Waals surface area (Å²) in [7, 11) is 0. The van der Waals surface area contributed by atoms with Crippen LogP contribution in [0.5, 0.6) is 0 Å². The molecule has 1 fully saturated rings. The first-order valence-electron chi connectivity index (χ1n) is 3.32. The van der Waals surface area contributed by atoms with Crippen molar-refractivity contribution in [3.8, 4) is 0 Å². The van der Waals surface area contributed by atoms with Crippen LogP contribution in [-0.4, -0.2) is 13.2 Å². The third kappa shape index (κ3) is 5.12. The zero-order valence-electron chi connectivity index (χ0n) is 5.79. The minimum absolute atomic E-state index is 1.00. The Labute approximate surface area is 60.9 Å². The molecule has 0 aromatic carbocycles. The van der Waals surface area contributed by atoms with E-state index >= 15 is 0 Å². The minimum atomic E-state index is 1.00. The van der Waals surface area contributed by atoms with Crippen molar-refractivity contribution >= 4 is 0 Å². The van der Waals surface area contributed by atoms with Crippen molar-refractivity contribution in [1.29, 1.82) is 0 Å². The summed E-state index contributed by atoms with van der Waals surface area (Å²) in [6.45, 7) is 2.00. The van der Waals surface area contributed by atoms with Crippen LogP contribution in [0.15, 0.2) is 36.7 Å². The van der Waals surface area contributed by atoms with Crippen LogP contribution in [0.25, 0.3) is 0 Å². The van der Waals surface area contributed by atoms with Gasteiger partial charge in [0.25, 0.3) is 0 Å². The second-order valence-corrected chi connectivity index (χ2v) is 1.88. The van der Waals surface area contributed by atoms with E-state index in [0.29, 0.717) is 0 Å². The molecule has 2 nitrogen and oxygen atoms in total. The van der Waals surface area contributed by atoms with Gasteiger partial charge < -0.3 is 10.1 Å². The van der Waals surface area contributed by atoms with Crippen LogP contribution >= 0.6 is 0 Å². The van der Waals surface area contributed by atoms with Gasteiger partial charge in [-0.25, -0.2) is 0 Å². The summed E-state index contributed by atoms with van der Waals surface area (Å²) in [6, 6.07) is 0. The molecule has 0 unspecified atom stereocenters. The van der Waals surface area contributed by atoms with Crippen molar-refractivity contribution in [2.75, 3.05) is 13.2 Å². The lowest BCUT2D eigenvalue weighted by atomic mass is 10.5. The first kappa shape index (κ1) is 7.09. The largest absolute Gasteiger partial charge is 0.377 e. The van der Waals surface area contributed by atoms with Crippen LogP contribution in [0.4, 0.5) is 0 Å². The fraction of sp³-hybridized carbons (Fsp3) is 0.250. The Morgan fingerprint density at radius 2 is 1.40 bits per heavy atom. The fourth-order valence-corrected chi connectivity index (χ4v) is 0.406. The summed E-state index contributed by atoms with van der Waals surface area (Å²) in [5.41, 5.74) is 0. The van der Waals surface area contributed by atoms with Gasteiger partial charge in [-0.05, 0) is 12.2 Å². The highest BCUT2D eigenvalue weighted by molar-refractivity contribution is 5.14. The standard InChI is InChI=1S/C6H7N.C2H4O/c1-2-4-6-7-5-3-1;1-2-3-1/h1-7H;1-2H2. The zero-order chi connectivity index (χ0) is 7.07. The monoisotopic (exact) mass is 137 g/mol. The van der Waals surface area contributed by atoms with E-state index in [9.17, 15) is 0 Å². The SMILES string of the molecule is C1=CC=CNC=C1.C1CO1. The van der Waals surface area contributed by atoms with E-state index in [1.807, 2.05) is 36.7 Å². The average molecular weight is 137 g/mol. The van der Waals surface area contributed by atoms with Gasteiger partial charge in [0, 0.05) is 12.4 Å². The van der Waals surface area contributed by atoms with Gasteiger partial charge in [-0.15, -0.1) is 0 Å². The number of allylic oxidation sites excluding steroid dienone is 4. The third-order valence-corrected chi connectivity index (χ3v) is 0.922. The Bertz CT molecular complexity index is 140. The number of epoxide rings is 1. The first-order valence-corrected chi connectivity index (χ1v) is 3.32. The highest BCUT2D eigenvalue weighted by Crippen LogP contribution is 1.84. The van der Waals surface area contributed by atoms with Gasteiger partial charge in [0.2, 0.25) is 0 Å². The molecule has 2 aliphatic heterocycles. The maximum Gasteiger partial charge on any atom is 0.0701 e. The maximum atomic E-state index is 4.50. The van der Waals surface area contributed by atoms with Crippen molar-refractivity contribution < 1.29 is 4.74 Å². The van der Waals surface area contributed by atoms with Gasteiger partial charge in [0.05, 0.1) is 13.2 Å². The third-order valence-electron chi connectivity index (χ3n) is 0.922. The van der Waals surface area contributed by atoms with Crippen molar-refractivity contribution in [3.63, 3.8) is 0 Å². The lowest BCUT2D eigenvalue weighted by Crippen LogP contribution is -1.87. The quantitative estimate of drug-likeness (QED) is 0.507. The summed E-state index contributed by atoms with van der Waals surface area (Å²) in [4.78, 5) is 0. The van der Waals surface area contributed by atoms with Crippen molar-refractivity contribution in [2.45, 2.75) is 0 Å². The molecule has 54 valence electrons. The molecule has 0 atom stereocenters. The average Bonchev–Trinajstić information content (AvgIpc) is 2.82. The second kappa shape index (κ2) is 4.82. The molecule has 1 N–H and O–H groups in total. The predicted molar refractivity (Wildman–Crippen MR) is 41.4 cm³/mol. The van der Waals surface area contributed by atoms with E-state index in [1.54, 1.807) is 0 Å². The van der Waals surface area contributed by atoms with Gasteiger partial charge in [-0.2, -0.15) is 0 Å². The van der Waals surface area contributed by atoms with Crippen molar-refractivity contribution in [1.82, 2.24) is 5.32 Å². The van der Waals surface area contributed by atoms with Crippen LogP contribution in [0.1, 0.15) is 0 Å². The number of ether oxygens (including phenoxy) is 1. The molecule has 2 heterocycles. The predicted octanol–water partition coefficient (Wildman–Crippen LogP) is 1.19. The van der Waals surface area contributed by atoms with Crippen LogP contribution in [0.3, 0.4) is 0 Å². The number of hydrogen-bond acceptors (Lipinski definition) is 2. The fourth-order valence-electron chi connectivity index (χ4n) is 0.406. The van der Waals surface area contributed by atoms with E-state index < -0.39 is 0 Å². The molecule has 10 heavy (non-hydrogen) atoms. The Hall–Kier alpha value is -1.02. The van der Waals surface area contributed by atoms with Gasteiger partial charge in [-0.1, -0.05) is 12.2 Å². The van der Waals surface area contributed by atoms with Gasteiger partial charge in [0.15, 0.2) is 0 Å². The first-order chi connectivity index (χ1) is 5.00. The van der Waals surface area contributed by atoms with E-state index in [0.717, 1.165) is 13.2 Å². The molecule has 0 aromatic heterocycles. The van der Waals surface area contributed by atoms with Crippen LogP contribution in [-0.2, 0) is 4.74 Å². The molecular weight excluding hydrogens is 126 g/mol. The Morgan fingerprint density at radius 3 is 1.80 bits per heavy atom. The molecule has 2 rings (SSSR count). The summed E-state index contributed by atoms with van der Waals surface area (Å²) < 4.78 is 4.50. The molecule has 0 bridgehead atoms. The van der Waals surface area contributed by atoms with E-state index in [4.69, 9.17) is 0 Å². The summed E-state index contributed by atoms with van der Waals surface area (Å²) in [6.07, 6.45) is 11.6. The number of nitrogens with one attached hydrogen (secondary N) is 1. The summed E-state index contributed by atoms with van der Waals surface area (Å²) in [5.74, 6) is 0. The molecule has 0 amide bonds. The van der Waals surface area contributed by atoms with Gasteiger partial charge in [0.1, 0.15) is 0 Å².